The van der Waals surface area contributed by atoms with Crippen LogP contribution in [0.2, 0.25) is 0 Å². The lowest BCUT2D eigenvalue weighted by Gasteiger charge is -2.33. The molecule has 1 atom stereocenters. The van der Waals surface area contributed by atoms with Crippen molar-refractivity contribution in [3.05, 3.63) is 58.9 Å². The summed E-state index contributed by atoms with van der Waals surface area (Å²) in [5.41, 5.74) is 3.24. The highest BCUT2D eigenvalue weighted by atomic mass is 16.5. The van der Waals surface area contributed by atoms with Crippen molar-refractivity contribution in [2.75, 3.05) is 7.11 Å². The molecular weight excluding hydrogens is 262 g/mol. The third kappa shape index (κ3) is 2.23. The Balaban J connectivity index is 2.02. The minimum absolute atomic E-state index is 0.168. The van der Waals surface area contributed by atoms with Gasteiger partial charge in [0, 0.05) is 11.3 Å². The van der Waals surface area contributed by atoms with E-state index in [0.717, 1.165) is 41.1 Å². The van der Waals surface area contributed by atoms with E-state index in [4.69, 9.17) is 4.74 Å². The van der Waals surface area contributed by atoms with Gasteiger partial charge in [0.2, 0.25) is 0 Å². The van der Waals surface area contributed by atoms with Crippen molar-refractivity contribution < 1.29 is 9.53 Å². The van der Waals surface area contributed by atoms with Gasteiger partial charge in [-0.1, -0.05) is 12.1 Å². The summed E-state index contributed by atoms with van der Waals surface area (Å²) in [7, 11) is 1.65. The number of hydrogen-bond acceptors (Lipinski definition) is 3. The van der Waals surface area contributed by atoms with Gasteiger partial charge in [-0.25, -0.2) is 0 Å². The smallest absolute Gasteiger partial charge is 0.174 e. The Hall–Kier alpha value is -2.16. The molecule has 0 N–H and O–H groups in total. The molecule has 2 aromatic rings. The summed E-state index contributed by atoms with van der Waals surface area (Å²) < 4.78 is 5.19. The van der Waals surface area contributed by atoms with Gasteiger partial charge in [0.25, 0.3) is 0 Å². The van der Waals surface area contributed by atoms with E-state index in [1.54, 1.807) is 7.11 Å². The molecule has 108 valence electrons. The zero-order valence-corrected chi connectivity index (χ0v) is 12.6. The van der Waals surface area contributed by atoms with Crippen LogP contribution >= 0.6 is 0 Å². The number of rotatable bonds is 2. The van der Waals surface area contributed by atoms with Gasteiger partial charge in [0.1, 0.15) is 5.75 Å². The summed E-state index contributed by atoms with van der Waals surface area (Å²) in [4.78, 5) is 17.4. The predicted molar refractivity (Wildman–Crippen MR) is 82.0 cm³/mol. The average molecular weight is 281 g/mol. The molecule has 1 heterocycles. The van der Waals surface area contributed by atoms with E-state index >= 15 is 0 Å². The summed E-state index contributed by atoms with van der Waals surface area (Å²) in [6, 6.07) is 11.6. The van der Waals surface area contributed by atoms with E-state index in [1.165, 1.54) is 0 Å². The first-order valence-corrected chi connectivity index (χ1v) is 7.20. The van der Waals surface area contributed by atoms with Crippen LogP contribution in [0.4, 0.5) is 0 Å². The van der Waals surface area contributed by atoms with Gasteiger partial charge in [-0.15, -0.1) is 0 Å². The van der Waals surface area contributed by atoms with Gasteiger partial charge in [-0.05, 0) is 56.5 Å². The first-order chi connectivity index (χ1) is 10.0. The van der Waals surface area contributed by atoms with Crippen molar-refractivity contribution in [3.63, 3.8) is 0 Å². The van der Waals surface area contributed by atoms with Crippen molar-refractivity contribution in [1.29, 1.82) is 0 Å². The number of pyridine rings is 1. The standard InChI is InChI=1S/C18H19NO2/c1-12-4-9-15-16(19-12)10-11-18(2,17(15)20)13-5-7-14(21-3)8-6-13/h4-9H,10-11H2,1-3H3. The summed E-state index contributed by atoms with van der Waals surface area (Å²) in [5, 5.41) is 0. The molecule has 21 heavy (non-hydrogen) atoms. The van der Waals surface area contributed by atoms with E-state index in [2.05, 4.69) is 4.98 Å². The Morgan fingerprint density at radius 2 is 1.86 bits per heavy atom. The number of ketones is 1. The lowest BCUT2D eigenvalue weighted by molar-refractivity contribution is 0.0874. The molecule has 0 bridgehead atoms. The number of hydrogen-bond donors (Lipinski definition) is 0. The Kier molecular flexibility index (Phi) is 3.28. The monoisotopic (exact) mass is 281 g/mol. The fourth-order valence-corrected chi connectivity index (χ4v) is 3.02. The van der Waals surface area contributed by atoms with Gasteiger partial charge in [0.15, 0.2) is 5.78 Å². The molecule has 3 rings (SSSR count). The molecule has 0 radical (unpaired) electrons. The van der Waals surface area contributed by atoms with Crippen LogP contribution in [0.25, 0.3) is 0 Å². The SMILES string of the molecule is COc1ccc(C2(C)CCc3nc(C)ccc3C2=O)cc1. The lowest BCUT2D eigenvalue weighted by atomic mass is 9.69. The van der Waals surface area contributed by atoms with E-state index in [9.17, 15) is 4.79 Å². The molecule has 0 saturated carbocycles. The van der Waals surface area contributed by atoms with Crippen molar-refractivity contribution in [1.82, 2.24) is 4.98 Å². The second kappa shape index (κ2) is 4.99. The number of carbonyl (C=O) groups excluding carboxylic acids is 1. The van der Waals surface area contributed by atoms with Crippen LogP contribution in [0.1, 0.15) is 40.7 Å². The van der Waals surface area contributed by atoms with Crippen LogP contribution in [0.5, 0.6) is 5.75 Å². The van der Waals surface area contributed by atoms with Crippen LogP contribution in [0, 0.1) is 6.92 Å². The number of methoxy groups -OCH3 is 1. The molecule has 3 heteroatoms. The fourth-order valence-electron chi connectivity index (χ4n) is 3.02. The van der Waals surface area contributed by atoms with E-state index in [-0.39, 0.29) is 5.78 Å². The second-order valence-electron chi connectivity index (χ2n) is 5.84. The Morgan fingerprint density at radius 3 is 2.52 bits per heavy atom. The molecule has 1 aromatic carbocycles. The van der Waals surface area contributed by atoms with Crippen molar-refractivity contribution in [2.24, 2.45) is 0 Å². The highest BCUT2D eigenvalue weighted by molar-refractivity contribution is 6.05. The van der Waals surface area contributed by atoms with E-state index < -0.39 is 5.41 Å². The van der Waals surface area contributed by atoms with Crippen LogP contribution in [0.15, 0.2) is 36.4 Å². The maximum absolute atomic E-state index is 12.9. The second-order valence-corrected chi connectivity index (χ2v) is 5.84. The molecule has 0 amide bonds. The fraction of sp³-hybridized carbons (Fsp3) is 0.333. The molecule has 0 saturated heterocycles. The maximum Gasteiger partial charge on any atom is 0.174 e. The van der Waals surface area contributed by atoms with Crippen LogP contribution in [-0.4, -0.2) is 17.9 Å². The van der Waals surface area contributed by atoms with Crippen LogP contribution in [-0.2, 0) is 11.8 Å². The maximum atomic E-state index is 12.9. The number of aromatic nitrogens is 1. The number of ether oxygens (including phenoxy) is 1. The molecule has 3 nitrogen and oxygen atoms in total. The number of aryl methyl sites for hydroxylation is 2. The average Bonchev–Trinajstić information content (AvgIpc) is 2.51. The predicted octanol–water partition coefficient (Wildman–Crippen LogP) is 3.49. The summed E-state index contributed by atoms with van der Waals surface area (Å²) in [6.07, 6.45) is 1.63. The van der Waals surface area contributed by atoms with E-state index in [1.807, 2.05) is 50.2 Å². The van der Waals surface area contributed by atoms with Gasteiger partial charge < -0.3 is 4.74 Å². The number of fused-ring (bicyclic) bond motifs is 1. The molecule has 1 aliphatic rings. The van der Waals surface area contributed by atoms with Gasteiger partial charge >= 0.3 is 0 Å². The van der Waals surface area contributed by atoms with E-state index in [0.29, 0.717) is 0 Å². The molecule has 0 aliphatic heterocycles. The first-order valence-electron chi connectivity index (χ1n) is 7.20. The molecule has 0 fully saturated rings. The van der Waals surface area contributed by atoms with Gasteiger partial charge in [-0.3, -0.25) is 9.78 Å². The third-order valence-corrected chi connectivity index (χ3v) is 4.45. The minimum Gasteiger partial charge on any atom is -0.497 e. The van der Waals surface area contributed by atoms with Gasteiger partial charge in [-0.2, -0.15) is 0 Å². The Bertz CT molecular complexity index is 691. The highest BCUT2D eigenvalue weighted by Gasteiger charge is 2.40. The number of nitrogens with zero attached hydrogens (tertiary/aromatic N) is 1. The van der Waals surface area contributed by atoms with Crippen molar-refractivity contribution >= 4 is 5.78 Å². The summed E-state index contributed by atoms with van der Waals surface area (Å²) >= 11 is 0. The van der Waals surface area contributed by atoms with Crippen LogP contribution in [0.3, 0.4) is 0 Å². The quantitative estimate of drug-likeness (QED) is 0.846. The van der Waals surface area contributed by atoms with Crippen molar-refractivity contribution in [2.45, 2.75) is 32.1 Å². The molecule has 1 unspecified atom stereocenters. The number of carbonyl (C=O) groups is 1. The summed E-state index contributed by atoms with van der Waals surface area (Å²) in [5.74, 6) is 0.977. The lowest BCUT2D eigenvalue weighted by Crippen LogP contribution is -2.37. The molecule has 0 spiro atoms. The summed E-state index contributed by atoms with van der Waals surface area (Å²) in [6.45, 7) is 3.99. The number of benzene rings is 1. The zero-order valence-electron chi connectivity index (χ0n) is 12.6. The highest BCUT2D eigenvalue weighted by Crippen LogP contribution is 2.38. The first kappa shape index (κ1) is 13.8. The largest absolute Gasteiger partial charge is 0.497 e. The minimum atomic E-state index is -0.476. The Morgan fingerprint density at radius 1 is 1.14 bits per heavy atom. The zero-order chi connectivity index (χ0) is 15.0. The number of Topliss-reactive ketones (excluding diaryl/α,β-unsaturated/α-hetero) is 1. The molecule has 1 aliphatic carbocycles. The van der Waals surface area contributed by atoms with Gasteiger partial charge in [0.05, 0.1) is 18.2 Å². The van der Waals surface area contributed by atoms with Crippen LogP contribution < -0.4 is 4.74 Å². The topological polar surface area (TPSA) is 39.2 Å². The molecule has 1 aromatic heterocycles. The third-order valence-electron chi connectivity index (χ3n) is 4.45. The van der Waals surface area contributed by atoms with Crippen molar-refractivity contribution in [3.8, 4) is 5.75 Å². The molecular formula is C18H19NO2. The Labute approximate surface area is 125 Å². The normalized spacial score (nSPS) is 21.0.